The van der Waals surface area contributed by atoms with E-state index in [-0.39, 0.29) is 109 Å². The summed E-state index contributed by atoms with van der Waals surface area (Å²) in [5.74, 6) is 0. The van der Waals surface area contributed by atoms with Gasteiger partial charge in [-0.2, -0.15) is 0 Å². The normalized spacial score (nSPS) is 0. The summed E-state index contributed by atoms with van der Waals surface area (Å²) < 4.78 is 0. The second kappa shape index (κ2) is 41.3. The molecular formula is H4Ag2Li2OV. The zero-order valence-corrected chi connectivity index (χ0v) is 7.91. The third-order valence-electron chi connectivity index (χ3n) is 0. The molecule has 6 heavy (non-hydrogen) atoms. The third-order valence-corrected chi connectivity index (χ3v) is 0. The summed E-state index contributed by atoms with van der Waals surface area (Å²) in [5, 5.41) is 0. The Kier molecular flexibility index (Phi) is 414. The van der Waals surface area contributed by atoms with Crippen LogP contribution >= 0.6 is 0 Å². The Morgan fingerprint density at radius 3 is 0.833 bits per heavy atom. The minimum atomic E-state index is 0. The van der Waals surface area contributed by atoms with Gasteiger partial charge in [-0.1, -0.05) is 0 Å². The van der Waals surface area contributed by atoms with Gasteiger partial charge in [0.1, 0.15) is 0 Å². The average molecular weight is 301 g/mol. The van der Waals surface area contributed by atoms with Gasteiger partial charge in [0.15, 0.2) is 0 Å². The van der Waals surface area contributed by atoms with Crippen LogP contribution in [0.25, 0.3) is 0 Å². The van der Waals surface area contributed by atoms with E-state index in [0.717, 1.165) is 0 Å². The van der Waals surface area contributed by atoms with Crippen molar-refractivity contribution >= 4 is 0 Å². The van der Waals surface area contributed by atoms with Crippen molar-refractivity contribution < 1.29 is 109 Å². The molecule has 0 spiro atoms. The number of hydrogen-bond acceptors (Lipinski definition) is 0. The van der Waals surface area contributed by atoms with Crippen LogP contribution in [0.3, 0.4) is 0 Å². The fourth-order valence-corrected chi connectivity index (χ4v) is 0. The molecular weight excluding hydrogens is 297 g/mol. The summed E-state index contributed by atoms with van der Waals surface area (Å²) in [4.78, 5) is 0. The summed E-state index contributed by atoms with van der Waals surface area (Å²) in [5.41, 5.74) is 0. The quantitative estimate of drug-likeness (QED) is 0.399. The molecule has 0 aliphatic rings. The summed E-state index contributed by atoms with van der Waals surface area (Å²) in [6, 6.07) is 0. The fourth-order valence-electron chi connectivity index (χ4n) is 0. The topological polar surface area (TPSA) is 31.5 Å². The first-order valence-electron chi connectivity index (χ1n) is 0. The minimum absolute atomic E-state index is 0. The average Bonchev–Trinajstić information content (AvgIpc) is 0. The van der Waals surface area contributed by atoms with Gasteiger partial charge in [0.2, 0.25) is 0 Å². The Morgan fingerprint density at radius 1 is 0.833 bits per heavy atom. The first kappa shape index (κ1) is 60.1. The van der Waals surface area contributed by atoms with E-state index < -0.39 is 0 Å². The summed E-state index contributed by atoms with van der Waals surface area (Å²) in [6.07, 6.45) is 0. The van der Waals surface area contributed by atoms with Gasteiger partial charge in [-0.05, 0) is 0 Å². The molecule has 0 rings (SSSR count). The molecule has 0 aromatic heterocycles. The molecule has 3 radical (unpaired) electrons. The molecule has 0 aromatic rings. The van der Waals surface area contributed by atoms with Crippen molar-refractivity contribution in [1.29, 1.82) is 0 Å². The molecule has 0 fully saturated rings. The minimum Gasteiger partial charge on any atom is -1.00 e. The van der Waals surface area contributed by atoms with Crippen LogP contribution in [-0.2, 0) is 63.3 Å². The Labute approximate surface area is 108 Å². The fraction of sp³-hybridized carbons (Fsp3) is 0. The monoisotopic (exact) mass is 299 g/mol. The maximum absolute atomic E-state index is 0. The van der Waals surface area contributed by atoms with Crippen molar-refractivity contribution in [1.82, 2.24) is 0 Å². The molecule has 2 N–H and O–H groups in total. The molecule has 0 aliphatic heterocycles. The van der Waals surface area contributed by atoms with Gasteiger partial charge < -0.3 is 8.33 Å². The van der Waals surface area contributed by atoms with Gasteiger partial charge in [-0.15, -0.1) is 0 Å². The van der Waals surface area contributed by atoms with Gasteiger partial charge in [0, 0.05) is 63.3 Å². The Morgan fingerprint density at radius 2 is 0.833 bits per heavy atom. The van der Waals surface area contributed by atoms with E-state index in [1.54, 1.807) is 0 Å². The van der Waals surface area contributed by atoms with Crippen LogP contribution in [-0.4, -0.2) is 5.48 Å². The van der Waals surface area contributed by atoms with Crippen molar-refractivity contribution in [2.24, 2.45) is 0 Å². The van der Waals surface area contributed by atoms with E-state index >= 15 is 0 Å². The standard InChI is InChI=1S/2Ag.2Li.H2O.V.2H/h;;;;1H2;;;/q;;2*+1;;;2*-1. The van der Waals surface area contributed by atoms with Crippen LogP contribution in [0.4, 0.5) is 0 Å². The van der Waals surface area contributed by atoms with Crippen LogP contribution in [0.5, 0.6) is 0 Å². The maximum atomic E-state index is 0. The van der Waals surface area contributed by atoms with E-state index in [9.17, 15) is 0 Å². The van der Waals surface area contributed by atoms with Crippen molar-refractivity contribution in [3.63, 3.8) is 0 Å². The van der Waals surface area contributed by atoms with Crippen molar-refractivity contribution in [3.05, 3.63) is 0 Å². The smallest absolute Gasteiger partial charge is 1.00 e. The van der Waals surface area contributed by atoms with Gasteiger partial charge in [-0.3, -0.25) is 0 Å². The third kappa shape index (κ3) is 26.9. The molecule has 0 aliphatic carbocycles. The zero-order chi connectivity index (χ0) is 0. The van der Waals surface area contributed by atoms with Crippen molar-refractivity contribution in [2.75, 3.05) is 0 Å². The zero-order valence-electron chi connectivity index (χ0n) is 5.55. The number of rotatable bonds is 0. The molecule has 0 atom stereocenters. The van der Waals surface area contributed by atoms with Gasteiger partial charge in [0.05, 0.1) is 0 Å². The molecule has 39 valence electrons. The van der Waals surface area contributed by atoms with E-state index in [1.807, 2.05) is 0 Å². The maximum Gasteiger partial charge on any atom is 1.00 e. The van der Waals surface area contributed by atoms with Crippen molar-refractivity contribution in [3.8, 4) is 0 Å². The molecule has 0 saturated heterocycles. The first-order chi connectivity index (χ1) is 0. The van der Waals surface area contributed by atoms with E-state index in [1.165, 1.54) is 0 Å². The second-order valence-electron chi connectivity index (χ2n) is 0. The molecule has 0 heterocycles. The predicted octanol–water partition coefficient (Wildman–Crippen LogP) is -6.60. The molecule has 6 heteroatoms. The van der Waals surface area contributed by atoms with Gasteiger partial charge in [0.25, 0.3) is 0 Å². The Hall–Kier alpha value is 3.22. The number of hydrogen-bond donors (Lipinski definition) is 0. The summed E-state index contributed by atoms with van der Waals surface area (Å²) >= 11 is 0. The largest absolute Gasteiger partial charge is 1.00 e. The van der Waals surface area contributed by atoms with Crippen LogP contribution < -0.4 is 37.7 Å². The van der Waals surface area contributed by atoms with Crippen LogP contribution in [0, 0.1) is 0 Å². The Bertz CT molecular complexity index is 18.0. The molecule has 0 saturated carbocycles. The van der Waals surface area contributed by atoms with Crippen LogP contribution in [0.15, 0.2) is 0 Å². The second-order valence-corrected chi connectivity index (χ2v) is 0. The van der Waals surface area contributed by atoms with E-state index in [2.05, 4.69) is 0 Å². The molecule has 0 unspecified atom stereocenters. The summed E-state index contributed by atoms with van der Waals surface area (Å²) in [7, 11) is 0. The molecule has 0 aromatic carbocycles. The summed E-state index contributed by atoms with van der Waals surface area (Å²) in [6.45, 7) is 0. The van der Waals surface area contributed by atoms with Crippen molar-refractivity contribution in [2.45, 2.75) is 0 Å². The first-order valence-corrected chi connectivity index (χ1v) is 0. The molecule has 0 bridgehead atoms. The SMILES string of the molecule is O.[Ag].[Ag].[H-].[H-].[Li+].[Li+].[V]. The molecule has 1 nitrogen and oxygen atoms in total. The predicted molar refractivity (Wildman–Crippen MR) is 5.84 cm³/mol. The van der Waals surface area contributed by atoms with Crippen LogP contribution in [0.1, 0.15) is 2.85 Å². The van der Waals surface area contributed by atoms with E-state index in [4.69, 9.17) is 0 Å². The van der Waals surface area contributed by atoms with Gasteiger partial charge in [-0.25, -0.2) is 0 Å². The van der Waals surface area contributed by atoms with Gasteiger partial charge >= 0.3 is 37.7 Å². The Balaban J connectivity index is 0. The molecule has 0 amide bonds. The van der Waals surface area contributed by atoms with E-state index in [0.29, 0.717) is 0 Å². The van der Waals surface area contributed by atoms with Crippen LogP contribution in [0.2, 0.25) is 0 Å².